The highest BCUT2D eigenvalue weighted by atomic mass is 16.6. The summed E-state index contributed by atoms with van der Waals surface area (Å²) in [6.45, 7) is 7.15. The summed E-state index contributed by atoms with van der Waals surface area (Å²) < 4.78 is 7.24. The van der Waals surface area contributed by atoms with Gasteiger partial charge in [0.25, 0.3) is 0 Å². The van der Waals surface area contributed by atoms with Crippen LogP contribution >= 0.6 is 0 Å². The molecular formula is C19H27N5O2. The van der Waals surface area contributed by atoms with Crippen molar-refractivity contribution in [3.8, 4) is 11.3 Å². The van der Waals surface area contributed by atoms with Crippen LogP contribution in [0.25, 0.3) is 11.3 Å². The van der Waals surface area contributed by atoms with E-state index in [9.17, 15) is 4.79 Å². The van der Waals surface area contributed by atoms with Gasteiger partial charge in [0.05, 0.1) is 23.8 Å². The average Bonchev–Trinajstić information content (AvgIpc) is 3.01. The van der Waals surface area contributed by atoms with E-state index in [1.54, 1.807) is 17.1 Å². The average molecular weight is 357 g/mol. The second kappa shape index (κ2) is 7.43. The molecule has 0 spiro atoms. The third-order valence-corrected chi connectivity index (χ3v) is 4.37. The number of piperidine rings is 1. The van der Waals surface area contributed by atoms with E-state index < -0.39 is 5.60 Å². The maximum Gasteiger partial charge on any atom is 0.410 e. The molecule has 1 aliphatic heterocycles. The monoisotopic (exact) mass is 357 g/mol. The molecule has 3 heterocycles. The summed E-state index contributed by atoms with van der Waals surface area (Å²) in [7, 11) is 1.88. The lowest BCUT2D eigenvalue weighted by Crippen LogP contribution is -2.43. The van der Waals surface area contributed by atoms with Crippen molar-refractivity contribution < 1.29 is 9.53 Å². The fourth-order valence-corrected chi connectivity index (χ4v) is 3.18. The number of hydrogen-bond acceptors (Lipinski definition) is 5. The Balaban J connectivity index is 1.59. The van der Waals surface area contributed by atoms with Gasteiger partial charge in [-0.1, -0.05) is 0 Å². The summed E-state index contributed by atoms with van der Waals surface area (Å²) in [6, 6.07) is 0. The highest BCUT2D eigenvalue weighted by Crippen LogP contribution is 2.22. The number of amides is 1. The Hall–Kier alpha value is -2.44. The van der Waals surface area contributed by atoms with Crippen LogP contribution < -0.4 is 0 Å². The number of carbonyl (C=O) groups excluding carboxylic acids is 1. The standard InChI is InChI=1S/C19H27N5O2/c1-19(2,3)26-18(25)24-7-5-6-14(12-24)8-16-10-21-17(11-20-16)15-9-22-23(4)13-15/h9-11,13-14H,5-8,12H2,1-4H3. The molecule has 0 aromatic carbocycles. The topological polar surface area (TPSA) is 73.1 Å². The largest absolute Gasteiger partial charge is 0.444 e. The van der Waals surface area contributed by atoms with Gasteiger partial charge in [0, 0.05) is 38.1 Å². The van der Waals surface area contributed by atoms with Crippen molar-refractivity contribution in [3.05, 3.63) is 30.5 Å². The number of aromatic nitrogens is 4. The van der Waals surface area contributed by atoms with Crippen LogP contribution in [0.4, 0.5) is 4.79 Å². The molecule has 7 heteroatoms. The van der Waals surface area contributed by atoms with Crippen molar-refractivity contribution >= 4 is 6.09 Å². The second-order valence-electron chi connectivity index (χ2n) is 7.93. The first-order valence-electron chi connectivity index (χ1n) is 9.08. The first-order valence-corrected chi connectivity index (χ1v) is 9.08. The summed E-state index contributed by atoms with van der Waals surface area (Å²) >= 11 is 0. The molecule has 0 radical (unpaired) electrons. The summed E-state index contributed by atoms with van der Waals surface area (Å²) in [5.41, 5.74) is 2.27. The Kier molecular flexibility index (Phi) is 5.25. The minimum atomic E-state index is -0.461. The Morgan fingerprint density at radius 1 is 1.27 bits per heavy atom. The molecule has 1 unspecified atom stereocenters. The number of ether oxygens (including phenoxy) is 1. The first-order chi connectivity index (χ1) is 12.3. The molecular weight excluding hydrogens is 330 g/mol. The van der Waals surface area contributed by atoms with Crippen LogP contribution in [-0.4, -0.2) is 49.4 Å². The molecule has 0 bridgehead atoms. The first kappa shape index (κ1) is 18.4. The number of rotatable bonds is 3. The molecule has 7 nitrogen and oxygen atoms in total. The lowest BCUT2D eigenvalue weighted by molar-refractivity contribution is 0.0165. The predicted molar refractivity (Wildman–Crippen MR) is 98.5 cm³/mol. The third-order valence-electron chi connectivity index (χ3n) is 4.37. The number of likely N-dealkylation sites (tertiary alicyclic amines) is 1. The van der Waals surface area contributed by atoms with Crippen molar-refractivity contribution in [1.29, 1.82) is 0 Å². The van der Waals surface area contributed by atoms with Crippen LogP contribution in [0.3, 0.4) is 0 Å². The van der Waals surface area contributed by atoms with Gasteiger partial charge in [0.2, 0.25) is 0 Å². The minimum absolute atomic E-state index is 0.222. The van der Waals surface area contributed by atoms with Crippen LogP contribution in [0.5, 0.6) is 0 Å². The Labute approximate surface area is 154 Å². The Morgan fingerprint density at radius 3 is 2.69 bits per heavy atom. The van der Waals surface area contributed by atoms with Crippen molar-refractivity contribution in [3.63, 3.8) is 0 Å². The van der Waals surface area contributed by atoms with Crippen LogP contribution in [-0.2, 0) is 18.2 Å². The SMILES string of the molecule is Cn1cc(-c2cnc(CC3CCCN(C(=O)OC(C)(C)C)C3)cn2)cn1. The molecule has 1 saturated heterocycles. The molecule has 1 atom stereocenters. The molecule has 2 aromatic rings. The zero-order valence-electron chi connectivity index (χ0n) is 16.0. The summed E-state index contributed by atoms with van der Waals surface area (Å²) in [5.74, 6) is 0.384. The molecule has 0 N–H and O–H groups in total. The lowest BCUT2D eigenvalue weighted by atomic mass is 9.94. The van der Waals surface area contributed by atoms with Gasteiger partial charge < -0.3 is 9.64 Å². The van der Waals surface area contributed by atoms with Crippen molar-refractivity contribution in [1.82, 2.24) is 24.6 Å². The van der Waals surface area contributed by atoms with E-state index >= 15 is 0 Å². The lowest BCUT2D eigenvalue weighted by Gasteiger charge is -2.34. The molecule has 1 amide bonds. The van der Waals surface area contributed by atoms with Crippen LogP contribution in [0, 0.1) is 5.92 Å². The molecule has 2 aromatic heterocycles. The molecule has 26 heavy (non-hydrogen) atoms. The van der Waals surface area contributed by atoms with Crippen LogP contribution in [0.2, 0.25) is 0 Å². The minimum Gasteiger partial charge on any atom is -0.444 e. The van der Waals surface area contributed by atoms with E-state index in [1.165, 1.54) is 0 Å². The van der Waals surface area contributed by atoms with Crippen molar-refractivity contribution in [2.24, 2.45) is 13.0 Å². The molecule has 140 valence electrons. The summed E-state index contributed by atoms with van der Waals surface area (Å²) in [4.78, 5) is 23.2. The second-order valence-corrected chi connectivity index (χ2v) is 7.93. The van der Waals surface area contributed by atoms with E-state index in [4.69, 9.17) is 4.74 Å². The zero-order valence-corrected chi connectivity index (χ0v) is 16.0. The van der Waals surface area contributed by atoms with Gasteiger partial charge in [-0.05, 0) is 46.0 Å². The zero-order chi connectivity index (χ0) is 18.7. The Bertz CT molecular complexity index is 748. The van der Waals surface area contributed by atoms with E-state index in [-0.39, 0.29) is 6.09 Å². The van der Waals surface area contributed by atoms with Crippen molar-refractivity contribution in [2.45, 2.75) is 45.6 Å². The van der Waals surface area contributed by atoms with Crippen molar-refractivity contribution in [2.75, 3.05) is 13.1 Å². The number of carbonyl (C=O) groups is 1. The summed E-state index contributed by atoms with van der Waals surface area (Å²) in [5, 5.41) is 4.16. The maximum absolute atomic E-state index is 12.3. The quantitative estimate of drug-likeness (QED) is 0.844. The Morgan fingerprint density at radius 2 is 2.08 bits per heavy atom. The van der Waals surface area contributed by atoms with Gasteiger partial charge in [-0.15, -0.1) is 0 Å². The highest BCUT2D eigenvalue weighted by molar-refractivity contribution is 5.68. The maximum atomic E-state index is 12.3. The van der Waals surface area contributed by atoms with Crippen LogP contribution in [0.1, 0.15) is 39.3 Å². The number of aryl methyl sites for hydroxylation is 1. The normalized spacial score (nSPS) is 18.0. The van der Waals surface area contributed by atoms with E-state index in [0.29, 0.717) is 12.5 Å². The van der Waals surface area contributed by atoms with Gasteiger partial charge in [-0.3, -0.25) is 14.6 Å². The van der Waals surface area contributed by atoms with Gasteiger partial charge in [-0.25, -0.2) is 4.79 Å². The predicted octanol–water partition coefficient (Wildman–Crippen LogP) is 3.07. The van der Waals surface area contributed by atoms with Gasteiger partial charge in [0.15, 0.2) is 0 Å². The number of hydrogen-bond donors (Lipinski definition) is 0. The summed E-state index contributed by atoms with van der Waals surface area (Å²) in [6.07, 6.45) is 10.00. The van der Waals surface area contributed by atoms with Gasteiger partial charge in [0.1, 0.15) is 5.60 Å². The molecule has 0 aliphatic carbocycles. The fraction of sp³-hybridized carbons (Fsp3) is 0.579. The molecule has 1 aliphatic rings. The molecule has 1 fully saturated rings. The third kappa shape index (κ3) is 4.80. The smallest absolute Gasteiger partial charge is 0.410 e. The molecule has 3 rings (SSSR count). The number of nitrogens with zero attached hydrogens (tertiary/aromatic N) is 5. The highest BCUT2D eigenvalue weighted by Gasteiger charge is 2.27. The molecule has 0 saturated carbocycles. The van der Waals surface area contributed by atoms with Gasteiger partial charge >= 0.3 is 6.09 Å². The van der Waals surface area contributed by atoms with Crippen LogP contribution in [0.15, 0.2) is 24.8 Å². The van der Waals surface area contributed by atoms with Gasteiger partial charge in [-0.2, -0.15) is 5.10 Å². The van der Waals surface area contributed by atoms with E-state index in [1.807, 2.05) is 45.1 Å². The fourth-order valence-electron chi connectivity index (χ4n) is 3.18. The van der Waals surface area contributed by atoms with E-state index in [2.05, 4.69) is 15.1 Å². The van der Waals surface area contributed by atoms with E-state index in [0.717, 1.165) is 42.8 Å².